The van der Waals surface area contributed by atoms with Gasteiger partial charge >= 0.3 is 0 Å². The van der Waals surface area contributed by atoms with Gasteiger partial charge < -0.3 is 10.1 Å². The molecule has 2 aromatic carbocycles. The van der Waals surface area contributed by atoms with Crippen molar-refractivity contribution in [3.8, 4) is 16.9 Å². The van der Waals surface area contributed by atoms with Gasteiger partial charge in [-0.3, -0.25) is 0 Å². The van der Waals surface area contributed by atoms with Crippen LogP contribution in [0.3, 0.4) is 0 Å². The Morgan fingerprint density at radius 1 is 1.20 bits per heavy atom. The van der Waals surface area contributed by atoms with Crippen LogP contribution in [-0.2, 0) is 6.54 Å². The van der Waals surface area contributed by atoms with Crippen LogP contribution in [0.5, 0.6) is 5.75 Å². The first kappa shape index (κ1) is 13.5. The van der Waals surface area contributed by atoms with Gasteiger partial charge in [0.1, 0.15) is 5.75 Å². The molecular weight excluding hydrogens is 270 g/mol. The molecule has 1 aliphatic carbocycles. The molecule has 0 amide bonds. The van der Waals surface area contributed by atoms with Crippen molar-refractivity contribution in [3.63, 3.8) is 0 Å². The molecule has 0 atom stereocenters. The second-order valence-electron chi connectivity index (χ2n) is 5.16. The molecule has 2 nitrogen and oxygen atoms in total. The average molecular weight is 288 g/mol. The fourth-order valence-electron chi connectivity index (χ4n) is 2.33. The van der Waals surface area contributed by atoms with Crippen molar-refractivity contribution < 1.29 is 4.74 Å². The topological polar surface area (TPSA) is 21.3 Å². The van der Waals surface area contributed by atoms with E-state index in [2.05, 4.69) is 35.6 Å². The number of ether oxygens (including phenoxy) is 1. The minimum atomic E-state index is 0.648. The zero-order chi connectivity index (χ0) is 13.9. The molecule has 0 bridgehead atoms. The Hall–Kier alpha value is -1.51. The largest absolute Gasteiger partial charge is 0.495 e. The maximum atomic E-state index is 6.23. The molecule has 1 fully saturated rings. The van der Waals surface area contributed by atoms with Gasteiger partial charge in [-0.2, -0.15) is 0 Å². The summed E-state index contributed by atoms with van der Waals surface area (Å²) in [6.45, 7) is 0.907. The van der Waals surface area contributed by atoms with Crippen LogP contribution in [0.2, 0.25) is 5.02 Å². The number of halogens is 1. The SMILES string of the molecule is COc1ccc(-c2ccccc2CNC2CC2)cc1Cl. The molecule has 0 heterocycles. The van der Waals surface area contributed by atoms with E-state index in [-0.39, 0.29) is 0 Å². The summed E-state index contributed by atoms with van der Waals surface area (Å²) in [5, 5.41) is 4.21. The van der Waals surface area contributed by atoms with Gasteiger partial charge in [0.15, 0.2) is 0 Å². The second kappa shape index (κ2) is 5.86. The standard InChI is InChI=1S/C17H18ClNO/c1-20-17-9-6-12(10-16(17)18)15-5-3-2-4-13(15)11-19-14-7-8-14/h2-6,9-10,14,19H,7-8,11H2,1H3. The fraction of sp³-hybridized carbons (Fsp3) is 0.294. The van der Waals surface area contributed by atoms with Crippen LogP contribution in [0.25, 0.3) is 11.1 Å². The molecule has 1 aliphatic rings. The van der Waals surface area contributed by atoms with Gasteiger partial charge in [0.2, 0.25) is 0 Å². The molecule has 0 saturated heterocycles. The van der Waals surface area contributed by atoms with Crippen molar-refractivity contribution in [2.75, 3.05) is 7.11 Å². The first-order valence-corrected chi connectivity index (χ1v) is 7.31. The summed E-state index contributed by atoms with van der Waals surface area (Å²) in [4.78, 5) is 0. The first-order chi connectivity index (χ1) is 9.78. The first-order valence-electron chi connectivity index (χ1n) is 6.93. The van der Waals surface area contributed by atoms with E-state index >= 15 is 0 Å². The normalized spacial score (nSPS) is 14.3. The smallest absolute Gasteiger partial charge is 0.137 e. The number of hydrogen-bond donors (Lipinski definition) is 1. The van der Waals surface area contributed by atoms with E-state index in [4.69, 9.17) is 16.3 Å². The van der Waals surface area contributed by atoms with Crippen molar-refractivity contribution >= 4 is 11.6 Å². The lowest BCUT2D eigenvalue weighted by molar-refractivity contribution is 0.415. The Bertz CT molecular complexity index is 608. The minimum Gasteiger partial charge on any atom is -0.495 e. The Balaban J connectivity index is 1.89. The Morgan fingerprint density at radius 3 is 2.70 bits per heavy atom. The van der Waals surface area contributed by atoms with Crippen molar-refractivity contribution in [3.05, 3.63) is 53.1 Å². The van der Waals surface area contributed by atoms with Crippen LogP contribution in [0, 0.1) is 0 Å². The predicted molar refractivity (Wildman–Crippen MR) is 83.3 cm³/mol. The highest BCUT2D eigenvalue weighted by molar-refractivity contribution is 6.32. The van der Waals surface area contributed by atoms with Crippen molar-refractivity contribution in [1.29, 1.82) is 0 Å². The highest BCUT2D eigenvalue weighted by Crippen LogP contribution is 2.32. The maximum Gasteiger partial charge on any atom is 0.137 e. The molecule has 0 aromatic heterocycles. The number of hydrogen-bond acceptors (Lipinski definition) is 2. The van der Waals surface area contributed by atoms with Crippen LogP contribution in [-0.4, -0.2) is 13.2 Å². The molecule has 0 radical (unpaired) electrons. The van der Waals surface area contributed by atoms with E-state index in [0.29, 0.717) is 16.8 Å². The van der Waals surface area contributed by atoms with E-state index in [1.54, 1.807) is 7.11 Å². The van der Waals surface area contributed by atoms with Gasteiger partial charge in [-0.25, -0.2) is 0 Å². The summed E-state index contributed by atoms with van der Waals surface area (Å²) in [5.41, 5.74) is 3.66. The van der Waals surface area contributed by atoms with E-state index in [1.807, 2.05) is 12.1 Å². The summed E-state index contributed by atoms with van der Waals surface area (Å²) < 4.78 is 5.21. The average Bonchev–Trinajstić information content (AvgIpc) is 3.29. The molecule has 0 spiro atoms. The third-order valence-corrected chi connectivity index (χ3v) is 3.93. The lowest BCUT2D eigenvalue weighted by Crippen LogP contribution is -2.15. The Kier molecular flexibility index (Phi) is 3.95. The van der Waals surface area contributed by atoms with Gasteiger partial charge in [-0.1, -0.05) is 41.9 Å². The summed E-state index contributed by atoms with van der Waals surface area (Å²) >= 11 is 6.23. The van der Waals surface area contributed by atoms with Gasteiger partial charge in [-0.15, -0.1) is 0 Å². The summed E-state index contributed by atoms with van der Waals surface area (Å²) in [5.74, 6) is 0.712. The van der Waals surface area contributed by atoms with Gasteiger partial charge in [-0.05, 0) is 41.7 Å². The van der Waals surface area contributed by atoms with E-state index < -0.39 is 0 Å². The second-order valence-corrected chi connectivity index (χ2v) is 5.57. The molecule has 0 unspecified atom stereocenters. The molecule has 1 saturated carbocycles. The zero-order valence-corrected chi connectivity index (χ0v) is 12.3. The molecule has 1 N–H and O–H groups in total. The van der Waals surface area contributed by atoms with E-state index in [1.165, 1.54) is 24.0 Å². The molecule has 0 aliphatic heterocycles. The van der Waals surface area contributed by atoms with Crippen LogP contribution in [0.15, 0.2) is 42.5 Å². The Labute approximate surface area is 124 Å². The van der Waals surface area contributed by atoms with Crippen molar-refractivity contribution in [1.82, 2.24) is 5.32 Å². The quantitative estimate of drug-likeness (QED) is 0.887. The number of benzene rings is 2. The zero-order valence-electron chi connectivity index (χ0n) is 11.5. The third kappa shape index (κ3) is 2.97. The van der Waals surface area contributed by atoms with Crippen molar-refractivity contribution in [2.45, 2.75) is 25.4 Å². The minimum absolute atomic E-state index is 0.648. The molecule has 2 aromatic rings. The number of nitrogens with one attached hydrogen (secondary N) is 1. The highest BCUT2D eigenvalue weighted by Gasteiger charge is 2.20. The number of methoxy groups -OCH3 is 1. The monoisotopic (exact) mass is 287 g/mol. The maximum absolute atomic E-state index is 6.23. The lowest BCUT2D eigenvalue weighted by atomic mass is 9.99. The summed E-state index contributed by atoms with van der Waals surface area (Å²) in [7, 11) is 1.63. The summed E-state index contributed by atoms with van der Waals surface area (Å²) in [6, 6.07) is 15.1. The lowest BCUT2D eigenvalue weighted by Gasteiger charge is -2.12. The van der Waals surface area contributed by atoms with E-state index in [9.17, 15) is 0 Å². The number of rotatable bonds is 5. The Morgan fingerprint density at radius 2 is 2.00 bits per heavy atom. The molecule has 20 heavy (non-hydrogen) atoms. The van der Waals surface area contributed by atoms with E-state index in [0.717, 1.165) is 12.1 Å². The molecule has 104 valence electrons. The van der Waals surface area contributed by atoms with Crippen LogP contribution < -0.4 is 10.1 Å². The molecule has 3 heteroatoms. The predicted octanol–water partition coefficient (Wildman–Crippen LogP) is 4.27. The van der Waals surface area contributed by atoms with Crippen LogP contribution >= 0.6 is 11.6 Å². The third-order valence-electron chi connectivity index (χ3n) is 3.64. The summed E-state index contributed by atoms with van der Waals surface area (Å²) in [6.07, 6.45) is 2.60. The van der Waals surface area contributed by atoms with Gasteiger partial charge in [0.05, 0.1) is 12.1 Å². The van der Waals surface area contributed by atoms with Gasteiger partial charge in [0, 0.05) is 12.6 Å². The highest BCUT2D eigenvalue weighted by atomic mass is 35.5. The van der Waals surface area contributed by atoms with Crippen LogP contribution in [0.4, 0.5) is 0 Å². The van der Waals surface area contributed by atoms with Gasteiger partial charge in [0.25, 0.3) is 0 Å². The fourth-order valence-corrected chi connectivity index (χ4v) is 2.59. The van der Waals surface area contributed by atoms with Crippen LogP contribution in [0.1, 0.15) is 18.4 Å². The molecular formula is C17H18ClNO. The molecule has 3 rings (SSSR count). The van der Waals surface area contributed by atoms with Crippen molar-refractivity contribution in [2.24, 2.45) is 0 Å².